The van der Waals surface area contributed by atoms with Crippen molar-refractivity contribution in [2.24, 2.45) is 0 Å². The number of benzene rings is 3. The summed E-state index contributed by atoms with van der Waals surface area (Å²) in [5.41, 5.74) is 2.89. The molecule has 0 radical (unpaired) electrons. The maximum absolute atomic E-state index is 4.37. The van der Waals surface area contributed by atoms with Gasteiger partial charge in [-0.05, 0) is 0 Å². The Balaban J connectivity index is 2.16. The molecule has 4 aromatic rings. The number of nitrogens with zero attached hydrogens (tertiary/aromatic N) is 1. The van der Waals surface area contributed by atoms with E-state index in [1.807, 2.05) is 12.4 Å². The topological polar surface area (TPSA) is 12.9 Å². The van der Waals surface area contributed by atoms with Gasteiger partial charge in [0.15, 0.2) is 0 Å². The Morgan fingerprint density at radius 2 is 1.03 bits per heavy atom. The average Bonchev–Trinajstić information content (AvgIpc) is 2.88. The molecule has 172 valence electrons. The number of fused-ring (bicyclic) bond motifs is 3. The van der Waals surface area contributed by atoms with E-state index in [2.05, 4.69) is 86.4 Å². The predicted molar refractivity (Wildman–Crippen MR) is 149 cm³/mol. The first-order chi connectivity index (χ1) is 16.3. The molecule has 0 fully saturated rings. The van der Waals surface area contributed by atoms with E-state index < -0.39 is 18.4 Å². The molecule has 0 atom stereocenters. The van der Waals surface area contributed by atoms with Crippen molar-refractivity contribution >= 4 is 43.5 Å². The fourth-order valence-corrected chi connectivity index (χ4v) is 23.5. The van der Waals surface area contributed by atoms with Crippen LogP contribution in [0.2, 0.25) is 13.3 Å². The van der Waals surface area contributed by atoms with Crippen molar-refractivity contribution in [3.8, 4) is 11.1 Å². The van der Waals surface area contributed by atoms with Gasteiger partial charge in [0.2, 0.25) is 0 Å². The first kappa shape index (κ1) is 24.3. The van der Waals surface area contributed by atoms with Crippen molar-refractivity contribution in [2.45, 2.75) is 72.6 Å². The van der Waals surface area contributed by atoms with Gasteiger partial charge in [0, 0.05) is 0 Å². The second-order valence-electron chi connectivity index (χ2n) is 9.67. The van der Waals surface area contributed by atoms with E-state index in [1.165, 1.54) is 79.1 Å². The van der Waals surface area contributed by atoms with Crippen molar-refractivity contribution in [1.29, 1.82) is 0 Å². The molecule has 0 amide bonds. The molecule has 33 heavy (non-hydrogen) atoms. The molecule has 3 aromatic carbocycles. The molecule has 0 aliphatic carbocycles. The third kappa shape index (κ3) is 4.99. The second-order valence-corrected chi connectivity index (χ2v) is 22.7. The van der Waals surface area contributed by atoms with Crippen LogP contribution >= 0.6 is 0 Å². The summed E-state index contributed by atoms with van der Waals surface area (Å²) in [6.45, 7) is 7.12. The Labute approximate surface area is 204 Å². The zero-order chi connectivity index (χ0) is 23.1. The first-order valence-electron chi connectivity index (χ1n) is 13.1. The molecule has 0 bridgehead atoms. The van der Waals surface area contributed by atoms with Gasteiger partial charge in [-0.25, -0.2) is 0 Å². The van der Waals surface area contributed by atoms with Crippen LogP contribution in [0, 0.1) is 0 Å². The van der Waals surface area contributed by atoms with E-state index in [1.54, 1.807) is 8.97 Å². The molecular formula is C31H39NSn. The van der Waals surface area contributed by atoms with E-state index in [9.17, 15) is 0 Å². The predicted octanol–water partition coefficient (Wildman–Crippen LogP) is 9.11. The molecule has 0 aliphatic rings. The van der Waals surface area contributed by atoms with Crippen LogP contribution in [-0.4, -0.2) is 23.4 Å². The Morgan fingerprint density at radius 1 is 0.576 bits per heavy atom. The van der Waals surface area contributed by atoms with Gasteiger partial charge in [-0.2, -0.15) is 0 Å². The van der Waals surface area contributed by atoms with Gasteiger partial charge < -0.3 is 0 Å². The fraction of sp³-hybridized carbons (Fsp3) is 0.387. The van der Waals surface area contributed by atoms with Crippen LogP contribution in [0.15, 0.2) is 73.1 Å². The molecule has 1 aromatic heterocycles. The van der Waals surface area contributed by atoms with Crippen LogP contribution in [-0.2, 0) is 0 Å². The molecule has 4 rings (SSSR count). The Kier molecular flexibility index (Phi) is 8.46. The molecule has 0 saturated heterocycles. The summed E-state index contributed by atoms with van der Waals surface area (Å²) in [7, 11) is 0. The third-order valence-electron chi connectivity index (χ3n) is 7.46. The molecular weight excluding hydrogens is 505 g/mol. The van der Waals surface area contributed by atoms with Gasteiger partial charge in [0.1, 0.15) is 0 Å². The molecule has 0 unspecified atom stereocenters. The zero-order valence-corrected chi connectivity index (χ0v) is 23.6. The van der Waals surface area contributed by atoms with Gasteiger partial charge >= 0.3 is 205 Å². The summed E-state index contributed by atoms with van der Waals surface area (Å²) in [4.78, 5) is 4.37. The Hall–Kier alpha value is -1.87. The van der Waals surface area contributed by atoms with Crippen LogP contribution < -0.4 is 3.58 Å². The van der Waals surface area contributed by atoms with Gasteiger partial charge in [0.05, 0.1) is 0 Å². The molecule has 0 saturated carbocycles. The molecule has 0 aliphatic heterocycles. The van der Waals surface area contributed by atoms with Gasteiger partial charge in [-0.3, -0.25) is 0 Å². The standard InChI is InChI=1S/C19H12N.3C4H9.Sn/c1-2-6-16-15(5-1)13-19(14-9-11-20-12-10-14)18-8-4-3-7-17(16)18;3*1-3-4-2;/h1-12H;3*1,3-4H2,2H3;. The molecule has 0 spiro atoms. The average molecular weight is 544 g/mol. The van der Waals surface area contributed by atoms with E-state index >= 15 is 0 Å². The van der Waals surface area contributed by atoms with Gasteiger partial charge in [0.25, 0.3) is 0 Å². The monoisotopic (exact) mass is 545 g/mol. The second kappa shape index (κ2) is 11.5. The summed E-state index contributed by atoms with van der Waals surface area (Å²) < 4.78 is 6.24. The Bertz CT molecular complexity index is 1160. The van der Waals surface area contributed by atoms with Crippen molar-refractivity contribution < 1.29 is 0 Å². The third-order valence-corrected chi connectivity index (χ3v) is 23.2. The number of pyridine rings is 1. The van der Waals surface area contributed by atoms with E-state index in [0.29, 0.717) is 0 Å². The van der Waals surface area contributed by atoms with Gasteiger partial charge in [-0.1, -0.05) is 0 Å². The normalized spacial score (nSPS) is 12.0. The summed E-state index contributed by atoms with van der Waals surface area (Å²) in [5, 5.41) is 5.82. The summed E-state index contributed by atoms with van der Waals surface area (Å²) in [6.07, 6.45) is 12.0. The van der Waals surface area contributed by atoms with E-state index in [-0.39, 0.29) is 0 Å². The number of hydrogen-bond donors (Lipinski definition) is 0. The summed E-state index contributed by atoms with van der Waals surface area (Å²) in [6, 6.07) is 22.9. The van der Waals surface area contributed by atoms with Crippen LogP contribution in [0.5, 0.6) is 0 Å². The van der Waals surface area contributed by atoms with Crippen molar-refractivity contribution in [3.05, 3.63) is 73.1 Å². The summed E-state index contributed by atoms with van der Waals surface area (Å²) >= 11 is -2.77. The van der Waals surface area contributed by atoms with Crippen molar-refractivity contribution in [3.63, 3.8) is 0 Å². The van der Waals surface area contributed by atoms with E-state index in [0.717, 1.165) is 0 Å². The molecule has 1 nitrogen and oxygen atoms in total. The number of aromatic nitrogens is 1. The summed E-state index contributed by atoms with van der Waals surface area (Å²) in [5.74, 6) is 0. The van der Waals surface area contributed by atoms with E-state index in [4.69, 9.17) is 0 Å². The molecule has 1 heterocycles. The maximum atomic E-state index is 4.37. The van der Waals surface area contributed by atoms with Crippen LogP contribution in [0.25, 0.3) is 32.7 Å². The minimum atomic E-state index is -2.77. The van der Waals surface area contributed by atoms with Crippen LogP contribution in [0.1, 0.15) is 59.3 Å². The minimum absolute atomic E-state index is 1.30. The fourth-order valence-electron chi connectivity index (χ4n) is 5.81. The molecule has 2 heteroatoms. The number of unbranched alkanes of at least 4 members (excludes halogenated alkanes) is 3. The SMILES string of the molecule is CCC[CH2][Sn]([CH2]CCC)([CH2]CCC)[c]1c(-c2ccncc2)c2ccccc2c2ccccc12. The van der Waals surface area contributed by atoms with Crippen LogP contribution in [0.4, 0.5) is 0 Å². The Morgan fingerprint density at radius 3 is 1.55 bits per heavy atom. The number of hydrogen-bond acceptors (Lipinski definition) is 1. The molecule has 0 N–H and O–H groups in total. The zero-order valence-electron chi connectivity index (χ0n) is 20.7. The first-order valence-corrected chi connectivity index (χ1v) is 20.6. The quantitative estimate of drug-likeness (QED) is 0.136. The van der Waals surface area contributed by atoms with Crippen molar-refractivity contribution in [2.75, 3.05) is 0 Å². The van der Waals surface area contributed by atoms with Gasteiger partial charge in [-0.15, -0.1) is 0 Å². The number of rotatable bonds is 11. The van der Waals surface area contributed by atoms with Crippen molar-refractivity contribution in [1.82, 2.24) is 4.98 Å². The van der Waals surface area contributed by atoms with Crippen LogP contribution in [0.3, 0.4) is 0 Å².